The molecular weight excluding hydrogens is 280 g/mol. The van der Waals surface area contributed by atoms with E-state index in [4.69, 9.17) is 0 Å². The molecule has 17 heavy (non-hydrogen) atoms. The fourth-order valence-electron chi connectivity index (χ4n) is 1.53. The second-order valence-electron chi connectivity index (χ2n) is 3.69. The smallest absolute Gasteiger partial charge is 0.181 e. The third-order valence-corrected chi connectivity index (χ3v) is 3.24. The van der Waals surface area contributed by atoms with Crippen molar-refractivity contribution in [3.8, 4) is 11.5 Å². The Hall–Kier alpha value is -1.49. The van der Waals surface area contributed by atoms with Crippen LogP contribution < -0.4 is 5.32 Å². The molecule has 0 saturated carbocycles. The predicted octanol–water partition coefficient (Wildman–Crippen LogP) is 2.96. The fourth-order valence-corrected chi connectivity index (χ4v) is 1.96. The van der Waals surface area contributed by atoms with Gasteiger partial charge in [-0.1, -0.05) is 0 Å². The van der Waals surface area contributed by atoms with Gasteiger partial charge in [0.05, 0.1) is 0 Å². The van der Waals surface area contributed by atoms with Crippen LogP contribution in [0, 0.1) is 13.8 Å². The Morgan fingerprint density at radius 3 is 2.65 bits per heavy atom. The SMILES string of the molecule is CNc1nc(-c2ncccc2Br)nc(C)c1C. The Morgan fingerprint density at radius 2 is 2.00 bits per heavy atom. The Morgan fingerprint density at radius 1 is 1.24 bits per heavy atom. The van der Waals surface area contributed by atoms with E-state index >= 15 is 0 Å². The van der Waals surface area contributed by atoms with E-state index in [0.29, 0.717) is 5.82 Å². The molecule has 1 N–H and O–H groups in total. The van der Waals surface area contributed by atoms with Gasteiger partial charge in [0.1, 0.15) is 11.5 Å². The zero-order valence-corrected chi connectivity index (χ0v) is 11.5. The van der Waals surface area contributed by atoms with Crippen molar-refractivity contribution in [1.29, 1.82) is 0 Å². The Bertz CT molecular complexity index is 554. The van der Waals surface area contributed by atoms with E-state index < -0.39 is 0 Å². The van der Waals surface area contributed by atoms with Crippen LogP contribution >= 0.6 is 15.9 Å². The summed E-state index contributed by atoms with van der Waals surface area (Å²) in [5.74, 6) is 1.47. The molecular formula is C12H13BrN4. The van der Waals surface area contributed by atoms with Crippen molar-refractivity contribution in [1.82, 2.24) is 15.0 Å². The predicted molar refractivity (Wildman–Crippen MR) is 72.0 cm³/mol. The molecule has 4 nitrogen and oxygen atoms in total. The summed E-state index contributed by atoms with van der Waals surface area (Å²) in [5, 5.41) is 3.07. The van der Waals surface area contributed by atoms with Crippen LogP contribution in [0.25, 0.3) is 11.5 Å². The molecule has 5 heteroatoms. The zero-order chi connectivity index (χ0) is 12.4. The molecule has 0 bridgehead atoms. The van der Waals surface area contributed by atoms with Crippen LogP contribution in [0.15, 0.2) is 22.8 Å². The summed E-state index contributed by atoms with van der Waals surface area (Å²) in [6.45, 7) is 3.97. The third kappa shape index (κ3) is 2.29. The molecule has 0 spiro atoms. The maximum Gasteiger partial charge on any atom is 0.181 e. The molecule has 0 aromatic carbocycles. The van der Waals surface area contributed by atoms with Crippen molar-refractivity contribution >= 4 is 21.7 Å². The topological polar surface area (TPSA) is 50.7 Å². The van der Waals surface area contributed by atoms with Crippen molar-refractivity contribution in [2.75, 3.05) is 12.4 Å². The lowest BCUT2D eigenvalue weighted by molar-refractivity contribution is 1.05. The summed E-state index contributed by atoms with van der Waals surface area (Å²) in [6, 6.07) is 3.80. The second-order valence-corrected chi connectivity index (χ2v) is 4.54. The van der Waals surface area contributed by atoms with Gasteiger partial charge in [-0.3, -0.25) is 4.98 Å². The van der Waals surface area contributed by atoms with Gasteiger partial charge in [0.25, 0.3) is 0 Å². The van der Waals surface area contributed by atoms with Crippen LogP contribution in [0.2, 0.25) is 0 Å². The van der Waals surface area contributed by atoms with E-state index in [1.165, 1.54) is 0 Å². The van der Waals surface area contributed by atoms with Gasteiger partial charge in [-0.15, -0.1) is 0 Å². The van der Waals surface area contributed by atoms with Crippen molar-refractivity contribution in [3.63, 3.8) is 0 Å². The normalized spacial score (nSPS) is 10.4. The summed E-state index contributed by atoms with van der Waals surface area (Å²) in [6.07, 6.45) is 1.73. The monoisotopic (exact) mass is 292 g/mol. The lowest BCUT2D eigenvalue weighted by Gasteiger charge is -2.09. The number of nitrogens with zero attached hydrogens (tertiary/aromatic N) is 3. The fraction of sp³-hybridized carbons (Fsp3) is 0.250. The lowest BCUT2D eigenvalue weighted by atomic mass is 10.2. The first kappa shape index (κ1) is 12.0. The van der Waals surface area contributed by atoms with E-state index in [-0.39, 0.29) is 0 Å². The molecule has 2 heterocycles. The Labute approximate surface area is 109 Å². The Kier molecular flexibility index (Phi) is 3.38. The number of halogens is 1. The van der Waals surface area contributed by atoms with Crippen molar-refractivity contribution in [2.24, 2.45) is 0 Å². The standard InChI is InChI=1S/C12H13BrN4/c1-7-8(2)16-12(17-11(7)14-3)10-9(13)5-4-6-15-10/h4-6H,1-3H3,(H,14,16,17). The van der Waals surface area contributed by atoms with Gasteiger partial charge in [0.2, 0.25) is 0 Å². The van der Waals surface area contributed by atoms with Crippen LogP contribution in [-0.2, 0) is 0 Å². The van der Waals surface area contributed by atoms with Gasteiger partial charge in [-0.2, -0.15) is 0 Å². The van der Waals surface area contributed by atoms with Gasteiger partial charge >= 0.3 is 0 Å². The highest BCUT2D eigenvalue weighted by Crippen LogP contribution is 2.25. The van der Waals surface area contributed by atoms with Crippen molar-refractivity contribution in [3.05, 3.63) is 34.1 Å². The van der Waals surface area contributed by atoms with Gasteiger partial charge in [-0.05, 0) is 41.9 Å². The van der Waals surface area contributed by atoms with Gasteiger partial charge in [0, 0.05) is 29.0 Å². The molecule has 0 fully saturated rings. The highest BCUT2D eigenvalue weighted by Gasteiger charge is 2.11. The van der Waals surface area contributed by atoms with Gasteiger partial charge in [0.15, 0.2) is 5.82 Å². The van der Waals surface area contributed by atoms with E-state index in [1.54, 1.807) is 6.20 Å². The van der Waals surface area contributed by atoms with Gasteiger partial charge < -0.3 is 5.32 Å². The van der Waals surface area contributed by atoms with E-state index in [2.05, 4.69) is 36.2 Å². The first-order chi connectivity index (χ1) is 8.13. The Balaban J connectivity index is 2.61. The largest absolute Gasteiger partial charge is 0.373 e. The second kappa shape index (κ2) is 4.79. The van der Waals surface area contributed by atoms with E-state index in [0.717, 1.165) is 27.2 Å². The highest BCUT2D eigenvalue weighted by molar-refractivity contribution is 9.10. The average molecular weight is 293 g/mol. The lowest BCUT2D eigenvalue weighted by Crippen LogP contribution is -2.03. The molecule has 0 aliphatic rings. The number of nitrogens with one attached hydrogen (secondary N) is 1. The molecule has 0 unspecified atom stereocenters. The quantitative estimate of drug-likeness (QED) is 0.925. The van der Waals surface area contributed by atoms with Gasteiger partial charge in [-0.25, -0.2) is 9.97 Å². The third-order valence-electron chi connectivity index (χ3n) is 2.60. The minimum atomic E-state index is 0.630. The van der Waals surface area contributed by atoms with Crippen LogP contribution in [0.3, 0.4) is 0 Å². The number of aromatic nitrogens is 3. The summed E-state index contributed by atoms with van der Waals surface area (Å²) in [4.78, 5) is 13.2. The molecule has 0 amide bonds. The number of rotatable bonds is 2. The average Bonchev–Trinajstić information content (AvgIpc) is 2.33. The summed E-state index contributed by atoms with van der Waals surface area (Å²) in [7, 11) is 1.85. The number of hydrogen-bond acceptors (Lipinski definition) is 4. The first-order valence-electron chi connectivity index (χ1n) is 5.27. The summed E-state index contributed by atoms with van der Waals surface area (Å²) >= 11 is 3.46. The number of pyridine rings is 1. The molecule has 0 aliphatic heterocycles. The maximum atomic E-state index is 4.47. The van der Waals surface area contributed by atoms with Crippen molar-refractivity contribution in [2.45, 2.75) is 13.8 Å². The van der Waals surface area contributed by atoms with Crippen LogP contribution in [0.1, 0.15) is 11.3 Å². The maximum absolute atomic E-state index is 4.47. The molecule has 0 saturated heterocycles. The molecule has 2 aromatic rings. The van der Waals surface area contributed by atoms with E-state index in [1.807, 2.05) is 33.0 Å². The van der Waals surface area contributed by atoms with E-state index in [9.17, 15) is 0 Å². The zero-order valence-electron chi connectivity index (χ0n) is 9.95. The van der Waals surface area contributed by atoms with Crippen LogP contribution in [0.5, 0.6) is 0 Å². The minimum Gasteiger partial charge on any atom is -0.373 e. The number of anilines is 1. The molecule has 0 aliphatic carbocycles. The first-order valence-corrected chi connectivity index (χ1v) is 6.06. The molecule has 0 radical (unpaired) electrons. The van der Waals surface area contributed by atoms with Crippen LogP contribution in [0.4, 0.5) is 5.82 Å². The minimum absolute atomic E-state index is 0.630. The summed E-state index contributed by atoms with van der Waals surface area (Å²) in [5.41, 5.74) is 2.77. The van der Waals surface area contributed by atoms with Crippen LogP contribution in [-0.4, -0.2) is 22.0 Å². The molecule has 0 atom stereocenters. The molecule has 88 valence electrons. The summed E-state index contributed by atoms with van der Waals surface area (Å²) < 4.78 is 0.894. The molecule has 2 aromatic heterocycles. The number of hydrogen-bond donors (Lipinski definition) is 1. The molecule has 2 rings (SSSR count). The number of aryl methyl sites for hydroxylation is 1. The van der Waals surface area contributed by atoms with Crippen molar-refractivity contribution < 1.29 is 0 Å². The highest BCUT2D eigenvalue weighted by atomic mass is 79.9.